The summed E-state index contributed by atoms with van der Waals surface area (Å²) in [6, 6.07) is 3.34. The van der Waals surface area contributed by atoms with Crippen LogP contribution >= 0.6 is 11.3 Å². The van der Waals surface area contributed by atoms with Crippen molar-refractivity contribution in [3.8, 4) is 0 Å². The average molecular weight is 305 g/mol. The molecule has 0 spiro atoms. The van der Waals surface area contributed by atoms with Gasteiger partial charge in [-0.15, -0.1) is 11.3 Å². The molecule has 2 heterocycles. The van der Waals surface area contributed by atoms with Gasteiger partial charge in [0.25, 0.3) is 10.0 Å². The predicted molar refractivity (Wildman–Crippen MR) is 69.8 cm³/mol. The Bertz CT molecular complexity index is 565. The minimum atomic E-state index is -3.53. The van der Waals surface area contributed by atoms with Gasteiger partial charge in [-0.3, -0.25) is 4.79 Å². The van der Waals surface area contributed by atoms with Crippen LogP contribution in [0.3, 0.4) is 0 Å². The maximum absolute atomic E-state index is 12.4. The second-order valence-electron chi connectivity index (χ2n) is 4.32. The van der Waals surface area contributed by atoms with E-state index in [1.165, 1.54) is 15.6 Å². The first kappa shape index (κ1) is 14.4. The maximum Gasteiger partial charge on any atom is 0.306 e. The number of hydrogen-bond acceptors (Lipinski definition) is 5. The lowest BCUT2D eigenvalue weighted by Gasteiger charge is -2.31. The number of rotatable bonds is 4. The Hall–Kier alpha value is -0.960. The number of carbonyl (C=O) groups is 1. The highest BCUT2D eigenvalue weighted by Gasteiger charge is 2.32. The summed E-state index contributed by atoms with van der Waals surface area (Å²) in [5, 5.41) is 8.73. The molecule has 1 unspecified atom stereocenters. The molecular formula is C11H15NO5S2. The van der Waals surface area contributed by atoms with E-state index in [-0.39, 0.29) is 26.1 Å². The Labute approximate surface area is 115 Å². The zero-order valence-electron chi connectivity index (χ0n) is 10.4. The van der Waals surface area contributed by atoms with Crippen molar-refractivity contribution in [3.63, 3.8) is 0 Å². The minimum absolute atomic E-state index is 0.0889. The summed E-state index contributed by atoms with van der Waals surface area (Å²) in [7, 11) is -3.53. The second-order valence-corrected chi connectivity index (χ2v) is 7.77. The van der Waals surface area contributed by atoms with Gasteiger partial charge in [0.05, 0.1) is 19.1 Å². The van der Waals surface area contributed by atoms with Gasteiger partial charge < -0.3 is 9.84 Å². The van der Waals surface area contributed by atoms with E-state index in [9.17, 15) is 13.2 Å². The highest BCUT2D eigenvalue weighted by atomic mass is 32.2. The molecule has 1 saturated heterocycles. The van der Waals surface area contributed by atoms with Crippen LogP contribution in [-0.4, -0.2) is 49.6 Å². The minimum Gasteiger partial charge on any atom is -0.481 e. The van der Waals surface area contributed by atoms with Crippen LogP contribution in [0.25, 0.3) is 0 Å². The third-order valence-electron chi connectivity index (χ3n) is 2.81. The molecule has 1 N–H and O–H groups in total. The molecule has 1 aromatic rings. The predicted octanol–water partition coefficient (Wildman–Crippen LogP) is 0.921. The molecule has 0 saturated carbocycles. The zero-order chi connectivity index (χ0) is 14.0. The van der Waals surface area contributed by atoms with Crippen LogP contribution in [0.1, 0.15) is 11.3 Å². The van der Waals surface area contributed by atoms with Gasteiger partial charge in [0.2, 0.25) is 0 Å². The fourth-order valence-electron chi connectivity index (χ4n) is 1.91. The van der Waals surface area contributed by atoms with Gasteiger partial charge in [-0.05, 0) is 19.1 Å². The molecule has 1 aromatic heterocycles. The van der Waals surface area contributed by atoms with Crippen LogP contribution in [-0.2, 0) is 19.6 Å². The molecule has 1 fully saturated rings. The first-order valence-electron chi connectivity index (χ1n) is 5.79. The molecule has 106 valence electrons. The zero-order valence-corrected chi connectivity index (χ0v) is 12.0. The number of thiophene rings is 1. The lowest BCUT2D eigenvalue weighted by atomic mass is 10.2. The number of ether oxygens (including phenoxy) is 1. The van der Waals surface area contributed by atoms with Crippen LogP contribution in [0.2, 0.25) is 0 Å². The van der Waals surface area contributed by atoms with Crippen molar-refractivity contribution >= 4 is 27.3 Å². The maximum atomic E-state index is 12.4. The Kier molecular flexibility index (Phi) is 4.24. The lowest BCUT2D eigenvalue weighted by molar-refractivity contribution is -0.141. The molecule has 0 bridgehead atoms. The number of sulfonamides is 1. The molecule has 0 aromatic carbocycles. The molecule has 1 aliphatic heterocycles. The van der Waals surface area contributed by atoms with E-state index in [0.717, 1.165) is 4.88 Å². The molecule has 1 aliphatic rings. The third kappa shape index (κ3) is 3.33. The molecule has 0 radical (unpaired) electrons. The van der Waals surface area contributed by atoms with E-state index in [0.29, 0.717) is 4.21 Å². The Balaban J connectivity index is 2.14. The standard InChI is InChI=1S/C11H15NO5S2/c1-8-2-3-11(18-8)19(15,16)12-4-5-17-9(7-12)6-10(13)14/h2-3,9H,4-7H2,1H3,(H,13,14). The summed E-state index contributed by atoms with van der Waals surface area (Å²) in [6.45, 7) is 2.42. The fraction of sp³-hybridized carbons (Fsp3) is 0.545. The molecule has 2 rings (SSSR count). The number of morpholine rings is 1. The van der Waals surface area contributed by atoms with Crippen LogP contribution in [0.4, 0.5) is 0 Å². The van der Waals surface area contributed by atoms with Crippen molar-refractivity contribution in [2.24, 2.45) is 0 Å². The average Bonchev–Trinajstić information content (AvgIpc) is 2.76. The Morgan fingerprint density at radius 3 is 2.89 bits per heavy atom. The van der Waals surface area contributed by atoms with Gasteiger partial charge in [0, 0.05) is 18.0 Å². The van der Waals surface area contributed by atoms with Crippen molar-refractivity contribution < 1.29 is 23.1 Å². The Morgan fingerprint density at radius 2 is 2.32 bits per heavy atom. The van der Waals surface area contributed by atoms with Crippen molar-refractivity contribution in [1.29, 1.82) is 0 Å². The van der Waals surface area contributed by atoms with E-state index in [1.54, 1.807) is 12.1 Å². The van der Waals surface area contributed by atoms with Crippen LogP contribution in [0, 0.1) is 6.92 Å². The van der Waals surface area contributed by atoms with Crippen LogP contribution in [0.5, 0.6) is 0 Å². The van der Waals surface area contributed by atoms with Crippen molar-refractivity contribution in [2.75, 3.05) is 19.7 Å². The molecule has 6 nitrogen and oxygen atoms in total. The molecule has 8 heteroatoms. The van der Waals surface area contributed by atoms with Gasteiger partial charge in [0.1, 0.15) is 4.21 Å². The van der Waals surface area contributed by atoms with E-state index in [4.69, 9.17) is 9.84 Å². The summed E-state index contributed by atoms with van der Waals surface area (Å²) < 4.78 is 31.6. The number of carboxylic acid groups (broad SMARTS) is 1. The molecule has 0 amide bonds. The molecular weight excluding hydrogens is 290 g/mol. The van der Waals surface area contributed by atoms with E-state index < -0.39 is 22.1 Å². The van der Waals surface area contributed by atoms with Gasteiger partial charge >= 0.3 is 5.97 Å². The summed E-state index contributed by atoms with van der Waals surface area (Å²) in [4.78, 5) is 11.6. The first-order chi connectivity index (χ1) is 8.89. The normalized spacial score (nSPS) is 21.4. The lowest BCUT2D eigenvalue weighted by Crippen LogP contribution is -2.45. The number of hydrogen-bond donors (Lipinski definition) is 1. The van der Waals surface area contributed by atoms with Crippen LogP contribution in [0.15, 0.2) is 16.3 Å². The molecule has 0 aliphatic carbocycles. The quantitative estimate of drug-likeness (QED) is 0.894. The summed E-state index contributed by atoms with van der Waals surface area (Å²) in [5.41, 5.74) is 0. The van der Waals surface area contributed by atoms with Crippen molar-refractivity contribution in [1.82, 2.24) is 4.31 Å². The van der Waals surface area contributed by atoms with Gasteiger partial charge in [-0.25, -0.2) is 8.42 Å². The second kappa shape index (κ2) is 5.58. The number of aliphatic carboxylic acids is 1. The first-order valence-corrected chi connectivity index (χ1v) is 8.05. The number of carboxylic acids is 1. The van der Waals surface area contributed by atoms with E-state index >= 15 is 0 Å². The third-order valence-corrected chi connectivity index (χ3v) is 6.15. The van der Waals surface area contributed by atoms with Crippen molar-refractivity contribution in [2.45, 2.75) is 23.7 Å². The van der Waals surface area contributed by atoms with Gasteiger partial charge in [-0.2, -0.15) is 4.31 Å². The largest absolute Gasteiger partial charge is 0.481 e. The summed E-state index contributed by atoms with van der Waals surface area (Å²) in [6.07, 6.45) is -0.766. The molecule has 1 atom stereocenters. The smallest absolute Gasteiger partial charge is 0.306 e. The van der Waals surface area contributed by atoms with E-state index in [1.807, 2.05) is 6.92 Å². The van der Waals surface area contributed by atoms with Gasteiger partial charge in [0.15, 0.2) is 0 Å². The highest BCUT2D eigenvalue weighted by molar-refractivity contribution is 7.91. The van der Waals surface area contributed by atoms with E-state index in [2.05, 4.69) is 0 Å². The van der Waals surface area contributed by atoms with Crippen molar-refractivity contribution in [3.05, 3.63) is 17.0 Å². The van der Waals surface area contributed by atoms with Gasteiger partial charge in [-0.1, -0.05) is 0 Å². The summed E-state index contributed by atoms with van der Waals surface area (Å²) >= 11 is 1.22. The number of nitrogens with zero attached hydrogens (tertiary/aromatic N) is 1. The number of aryl methyl sites for hydroxylation is 1. The Morgan fingerprint density at radius 1 is 1.58 bits per heavy atom. The summed E-state index contributed by atoms with van der Waals surface area (Å²) in [5.74, 6) is -0.990. The monoisotopic (exact) mass is 305 g/mol. The highest BCUT2D eigenvalue weighted by Crippen LogP contribution is 2.26. The fourth-order valence-corrected chi connectivity index (χ4v) is 4.80. The molecule has 19 heavy (non-hydrogen) atoms. The van der Waals surface area contributed by atoms with Crippen LogP contribution < -0.4 is 0 Å². The SMILES string of the molecule is Cc1ccc(S(=O)(=O)N2CCOC(CC(=O)O)C2)s1. The topological polar surface area (TPSA) is 83.9 Å².